The first-order chi connectivity index (χ1) is 20.4. The molecule has 2 amide bonds. The number of methoxy groups -OCH3 is 2. The van der Waals surface area contributed by atoms with Gasteiger partial charge in [0.15, 0.2) is 8.46 Å². The molecule has 250 valence electrons. The molecule has 5 rings (SSSR count). The number of aliphatic hydroxyl groups is 1. The van der Waals surface area contributed by atoms with Gasteiger partial charge in [-0.1, -0.05) is 38.6 Å². The SMILES string of the molecule is C.C.COC(=O)N1CCC(P(C)(C)=O)CC1.COC(=O)N1CCC(P=O)(C2(O)c3ccc(Cl)cc3CCc3cccnc32)CC1. The molecule has 2 saturated heterocycles. The van der Waals surface area contributed by atoms with Gasteiger partial charge in [-0.25, -0.2) is 9.59 Å². The van der Waals surface area contributed by atoms with E-state index in [4.69, 9.17) is 16.3 Å². The summed E-state index contributed by atoms with van der Waals surface area (Å²) in [7, 11) is 0.564. The molecular weight excluding hydrogens is 636 g/mol. The van der Waals surface area contributed by atoms with Crippen molar-refractivity contribution < 1.29 is 33.3 Å². The first-order valence-electron chi connectivity index (χ1n) is 14.4. The average Bonchev–Trinajstić information content (AvgIpc) is 3.15. The minimum Gasteiger partial charge on any atom is -0.453 e. The first kappa shape index (κ1) is 38.7. The second-order valence-corrected chi connectivity index (χ2v) is 16.8. The quantitative estimate of drug-likeness (QED) is 0.341. The highest BCUT2D eigenvalue weighted by Gasteiger charge is 2.58. The molecule has 1 aliphatic carbocycles. The van der Waals surface area contributed by atoms with Crippen LogP contribution in [0.15, 0.2) is 36.5 Å². The van der Waals surface area contributed by atoms with Gasteiger partial charge in [0, 0.05) is 43.1 Å². The molecule has 0 saturated carbocycles. The van der Waals surface area contributed by atoms with E-state index in [9.17, 15) is 23.8 Å². The smallest absolute Gasteiger partial charge is 0.409 e. The number of fused-ring (bicyclic) bond motifs is 2. The Morgan fingerprint density at radius 3 is 2.07 bits per heavy atom. The number of nitrogens with zero attached hydrogens (tertiary/aromatic N) is 3. The first-order valence-corrected chi connectivity index (χ1v) is 18.3. The molecule has 2 aromatic rings. The molecule has 0 radical (unpaired) electrons. The van der Waals surface area contributed by atoms with Crippen LogP contribution in [-0.2, 0) is 37.0 Å². The van der Waals surface area contributed by atoms with Crippen molar-refractivity contribution in [3.63, 3.8) is 0 Å². The Labute approximate surface area is 274 Å². The highest BCUT2D eigenvalue weighted by atomic mass is 35.5. The Bertz CT molecular complexity index is 1390. The van der Waals surface area contributed by atoms with Crippen LogP contribution in [0.2, 0.25) is 5.02 Å². The van der Waals surface area contributed by atoms with Gasteiger partial charge in [0.2, 0.25) is 0 Å². The fourth-order valence-electron chi connectivity index (χ4n) is 6.46. The number of aromatic nitrogens is 1. The standard InChI is InChI=1S/C21H22ClN2O4P.C9H18NO3P.2CH4/c1-28-19(25)24-11-8-20(29-27,9-12-24)21(26)17-7-6-16(22)13-15(17)5-4-14-3-2-10-23-18(14)21;1-13-9(11)10-6-4-8(5-7-10)14(2,3)12;;/h2-3,6-7,10,13,26H,4-5,8-9,11-12H2,1H3;8H,4-7H2,1-3H3;2*1H4. The molecule has 3 aliphatic rings. The van der Waals surface area contributed by atoms with Gasteiger partial charge < -0.3 is 28.9 Å². The summed E-state index contributed by atoms with van der Waals surface area (Å²) in [5.74, 6) is 0. The van der Waals surface area contributed by atoms with Crippen molar-refractivity contribution in [1.29, 1.82) is 0 Å². The molecule has 0 bridgehead atoms. The van der Waals surface area contributed by atoms with Crippen molar-refractivity contribution in [2.24, 2.45) is 0 Å². The summed E-state index contributed by atoms with van der Waals surface area (Å²) in [6.07, 6.45) is 4.74. The third kappa shape index (κ3) is 7.90. The van der Waals surface area contributed by atoms with Crippen molar-refractivity contribution in [1.82, 2.24) is 14.8 Å². The number of carbonyl (C=O) groups is 2. The van der Waals surface area contributed by atoms with Crippen molar-refractivity contribution in [3.8, 4) is 0 Å². The summed E-state index contributed by atoms with van der Waals surface area (Å²) in [5.41, 5.74) is 1.80. The molecule has 1 aromatic heterocycles. The van der Waals surface area contributed by atoms with Gasteiger partial charge in [0.25, 0.3) is 0 Å². The van der Waals surface area contributed by atoms with Gasteiger partial charge in [0.05, 0.1) is 32.2 Å². The number of rotatable bonds is 3. The highest BCUT2D eigenvalue weighted by Crippen LogP contribution is 2.54. The van der Waals surface area contributed by atoms with E-state index in [0.29, 0.717) is 68.1 Å². The predicted molar refractivity (Wildman–Crippen MR) is 180 cm³/mol. The summed E-state index contributed by atoms with van der Waals surface area (Å²) in [6.45, 7) is 5.67. The minimum atomic E-state index is -1.99. The number of likely N-dealkylation sites (tertiary alicyclic amines) is 2. The molecule has 10 nitrogen and oxygen atoms in total. The number of benzene rings is 1. The Morgan fingerprint density at radius 1 is 0.978 bits per heavy atom. The molecule has 1 N–H and O–H groups in total. The number of hydrogen-bond donors (Lipinski definition) is 1. The van der Waals surface area contributed by atoms with Crippen LogP contribution in [0.1, 0.15) is 62.9 Å². The molecule has 1 atom stereocenters. The predicted octanol–water partition coefficient (Wildman–Crippen LogP) is 7.07. The van der Waals surface area contributed by atoms with Crippen molar-refractivity contribution in [2.75, 3.05) is 53.7 Å². The maximum atomic E-state index is 12.7. The third-order valence-corrected chi connectivity index (χ3v) is 12.6. The molecule has 1 unspecified atom stereocenters. The van der Waals surface area contributed by atoms with E-state index in [1.807, 2.05) is 37.6 Å². The lowest BCUT2D eigenvalue weighted by molar-refractivity contribution is 0.000533. The Hall–Kier alpha value is -2.51. The topological polar surface area (TPSA) is 126 Å². The number of ether oxygens (including phenoxy) is 2. The zero-order valence-corrected chi connectivity index (χ0v) is 27.7. The number of amides is 2. The number of pyridine rings is 1. The van der Waals surface area contributed by atoms with Crippen LogP contribution < -0.4 is 0 Å². The summed E-state index contributed by atoms with van der Waals surface area (Å²) >= 11 is 6.24. The summed E-state index contributed by atoms with van der Waals surface area (Å²) in [6, 6.07) is 9.25. The number of hydrogen-bond acceptors (Lipinski definition) is 8. The largest absolute Gasteiger partial charge is 0.453 e. The summed E-state index contributed by atoms with van der Waals surface area (Å²) in [4.78, 5) is 30.9. The summed E-state index contributed by atoms with van der Waals surface area (Å²) < 4.78 is 33.9. The van der Waals surface area contributed by atoms with E-state index < -0.39 is 24.0 Å². The Balaban J connectivity index is 0.000000376. The number of halogens is 1. The van der Waals surface area contributed by atoms with E-state index in [1.54, 1.807) is 22.1 Å². The van der Waals surface area contributed by atoms with Crippen LogP contribution in [0.5, 0.6) is 0 Å². The van der Waals surface area contributed by atoms with Gasteiger partial charge in [0.1, 0.15) is 5.60 Å². The monoisotopic (exact) mass is 683 g/mol. The molecule has 0 spiro atoms. The fraction of sp³-hybridized carbons (Fsp3) is 0.594. The lowest BCUT2D eigenvalue weighted by Gasteiger charge is -2.47. The Kier molecular flexibility index (Phi) is 13.6. The normalized spacial score (nSPS) is 20.9. The second kappa shape index (κ2) is 15.9. The van der Waals surface area contributed by atoms with E-state index in [2.05, 4.69) is 9.72 Å². The van der Waals surface area contributed by atoms with Gasteiger partial charge in [-0.15, -0.1) is 0 Å². The van der Waals surface area contributed by atoms with Gasteiger partial charge in [-0.05, 0) is 86.7 Å². The van der Waals surface area contributed by atoms with E-state index in [1.165, 1.54) is 14.2 Å². The third-order valence-electron chi connectivity index (χ3n) is 9.00. The van der Waals surface area contributed by atoms with Crippen molar-refractivity contribution in [3.05, 3.63) is 63.9 Å². The fourth-order valence-corrected chi connectivity index (χ4v) is 8.87. The van der Waals surface area contributed by atoms with Crippen LogP contribution in [0.3, 0.4) is 0 Å². The number of piperidine rings is 2. The lowest BCUT2D eigenvalue weighted by Crippen LogP contribution is -2.56. The molecule has 3 heterocycles. The number of carbonyl (C=O) groups excluding carboxylic acids is 2. The van der Waals surface area contributed by atoms with Crippen LogP contribution in [0.25, 0.3) is 0 Å². The van der Waals surface area contributed by atoms with Gasteiger partial charge in [-0.2, -0.15) is 0 Å². The maximum Gasteiger partial charge on any atom is 0.409 e. The highest BCUT2D eigenvalue weighted by molar-refractivity contribution is 7.63. The molecule has 1 aromatic carbocycles. The average molecular weight is 684 g/mol. The second-order valence-electron chi connectivity index (χ2n) is 11.7. The van der Waals surface area contributed by atoms with Crippen molar-refractivity contribution >= 4 is 39.4 Å². The lowest BCUT2D eigenvalue weighted by atomic mass is 9.71. The van der Waals surface area contributed by atoms with Crippen LogP contribution in [0, 0.1) is 0 Å². The molecule has 2 fully saturated rings. The van der Waals surface area contributed by atoms with Gasteiger partial charge in [-0.3, -0.25) is 9.55 Å². The Morgan fingerprint density at radius 2 is 1.53 bits per heavy atom. The van der Waals surface area contributed by atoms with Crippen LogP contribution in [-0.4, -0.2) is 96.6 Å². The zero-order valence-electron chi connectivity index (χ0n) is 25.1. The van der Waals surface area contributed by atoms with Gasteiger partial charge >= 0.3 is 12.2 Å². The zero-order chi connectivity index (χ0) is 31.4. The minimum absolute atomic E-state index is 0. The van der Waals surface area contributed by atoms with Crippen molar-refractivity contribution in [2.45, 2.75) is 69.8 Å². The number of aryl methyl sites for hydroxylation is 2. The van der Waals surface area contributed by atoms with E-state index >= 15 is 0 Å². The maximum absolute atomic E-state index is 12.7. The van der Waals surface area contributed by atoms with Crippen LogP contribution in [0.4, 0.5) is 9.59 Å². The molecular formula is C32H48ClN3O7P2. The molecule has 2 aliphatic heterocycles. The van der Waals surface area contributed by atoms with E-state index in [-0.39, 0.29) is 35.1 Å². The molecule has 45 heavy (non-hydrogen) atoms. The van der Waals surface area contributed by atoms with Crippen LogP contribution >= 0.6 is 27.2 Å². The molecule has 13 heteroatoms. The summed E-state index contributed by atoms with van der Waals surface area (Å²) in [5, 5.41) is 11.9. The van der Waals surface area contributed by atoms with E-state index in [0.717, 1.165) is 24.0 Å².